The molecule has 2 aromatic rings. The van der Waals surface area contributed by atoms with E-state index in [1.807, 2.05) is 43.7 Å². The zero-order valence-corrected chi connectivity index (χ0v) is 17.6. The molecule has 0 radical (unpaired) electrons. The van der Waals surface area contributed by atoms with Crippen molar-refractivity contribution in [2.24, 2.45) is 5.92 Å². The Kier molecular flexibility index (Phi) is 6.74. The molecule has 1 N–H and O–H groups in total. The average molecular weight is 418 g/mol. The quantitative estimate of drug-likeness (QED) is 0.782. The highest BCUT2D eigenvalue weighted by Crippen LogP contribution is 2.34. The van der Waals surface area contributed by atoms with Crippen LogP contribution in [-0.2, 0) is 11.3 Å². The lowest BCUT2D eigenvalue weighted by Crippen LogP contribution is -2.50. The fraction of sp³-hybridized carbons (Fsp3) is 0.455. The van der Waals surface area contributed by atoms with Crippen LogP contribution >= 0.6 is 0 Å². The number of nitrogens with one attached hydrogen (secondary N) is 1. The largest absolute Gasteiger partial charge is 0.348 e. The van der Waals surface area contributed by atoms with Gasteiger partial charge in [-0.15, -0.1) is 0 Å². The van der Waals surface area contributed by atoms with Crippen LogP contribution in [0.4, 0.5) is 13.6 Å². The van der Waals surface area contributed by atoms with Gasteiger partial charge in [0.1, 0.15) is 24.2 Å². The second-order valence-electron chi connectivity index (χ2n) is 7.89. The number of aromatic nitrogens is 1. The highest BCUT2D eigenvalue weighted by Gasteiger charge is 2.35. The Balaban J connectivity index is 1.92. The van der Waals surface area contributed by atoms with E-state index in [4.69, 9.17) is 0 Å². The smallest absolute Gasteiger partial charge is 0.317 e. The van der Waals surface area contributed by atoms with Gasteiger partial charge >= 0.3 is 6.03 Å². The van der Waals surface area contributed by atoms with Crippen molar-refractivity contribution < 1.29 is 18.4 Å². The summed E-state index contributed by atoms with van der Waals surface area (Å²) in [6.07, 6.45) is 1.88. The van der Waals surface area contributed by atoms with E-state index in [1.165, 1.54) is 17.0 Å². The van der Waals surface area contributed by atoms with Crippen LogP contribution in [0.5, 0.6) is 0 Å². The van der Waals surface area contributed by atoms with E-state index in [-0.39, 0.29) is 30.0 Å². The Morgan fingerprint density at radius 1 is 1.23 bits per heavy atom. The van der Waals surface area contributed by atoms with Crippen LogP contribution in [0.1, 0.15) is 38.1 Å². The standard InChI is InChI=1S/C22H28F2N4O2/c1-4-25-22(30)27(13-15(2)3)14-20(29)28-11-10-26-9-5-6-19(26)21(28)17-8-7-16(23)12-18(17)24/h5-9,12,15,21H,4,10-11,13-14H2,1-3H3,(H,25,30)/t21-/m0/s1. The molecule has 0 bridgehead atoms. The van der Waals surface area contributed by atoms with Crippen LogP contribution in [0.2, 0.25) is 0 Å². The van der Waals surface area contributed by atoms with Crippen molar-refractivity contribution >= 4 is 11.9 Å². The fourth-order valence-corrected chi connectivity index (χ4v) is 3.88. The summed E-state index contributed by atoms with van der Waals surface area (Å²) in [5, 5.41) is 2.74. The lowest BCUT2D eigenvalue weighted by atomic mass is 9.99. The molecule has 1 atom stereocenters. The van der Waals surface area contributed by atoms with Crippen molar-refractivity contribution in [3.63, 3.8) is 0 Å². The summed E-state index contributed by atoms with van der Waals surface area (Å²) < 4.78 is 30.1. The number of benzene rings is 1. The summed E-state index contributed by atoms with van der Waals surface area (Å²) in [7, 11) is 0. The number of fused-ring (bicyclic) bond motifs is 1. The van der Waals surface area contributed by atoms with Gasteiger partial charge in [0.15, 0.2) is 0 Å². The third-order valence-electron chi connectivity index (χ3n) is 5.14. The molecular weight excluding hydrogens is 390 g/mol. The molecule has 1 aliphatic heterocycles. The molecular formula is C22H28F2N4O2. The minimum Gasteiger partial charge on any atom is -0.348 e. The molecule has 3 amide bonds. The van der Waals surface area contributed by atoms with Gasteiger partial charge in [-0.2, -0.15) is 0 Å². The summed E-state index contributed by atoms with van der Waals surface area (Å²) in [6.45, 7) is 7.48. The molecule has 0 aliphatic carbocycles. The highest BCUT2D eigenvalue weighted by molar-refractivity contribution is 5.84. The second-order valence-corrected chi connectivity index (χ2v) is 7.89. The number of carbonyl (C=O) groups is 2. The van der Waals surface area contributed by atoms with Gasteiger partial charge in [0.05, 0.1) is 0 Å². The summed E-state index contributed by atoms with van der Waals surface area (Å²) >= 11 is 0. The van der Waals surface area contributed by atoms with Gasteiger partial charge in [-0.25, -0.2) is 13.6 Å². The van der Waals surface area contributed by atoms with E-state index < -0.39 is 17.7 Å². The number of hydrogen-bond acceptors (Lipinski definition) is 2. The Hall–Kier alpha value is -2.90. The molecule has 1 aromatic carbocycles. The zero-order chi connectivity index (χ0) is 21.8. The van der Waals surface area contributed by atoms with Gasteiger partial charge in [-0.1, -0.05) is 19.9 Å². The first-order valence-electron chi connectivity index (χ1n) is 10.2. The number of amides is 3. The zero-order valence-electron chi connectivity index (χ0n) is 17.6. The Labute approximate surface area is 175 Å². The van der Waals surface area contributed by atoms with Gasteiger partial charge in [-0.05, 0) is 31.0 Å². The lowest BCUT2D eigenvalue weighted by Gasteiger charge is -2.38. The van der Waals surface area contributed by atoms with Crippen LogP contribution in [0.25, 0.3) is 0 Å². The molecule has 1 aromatic heterocycles. The normalized spacial score (nSPS) is 15.8. The molecule has 0 fully saturated rings. The molecule has 8 heteroatoms. The van der Waals surface area contributed by atoms with Crippen LogP contribution in [0.3, 0.4) is 0 Å². The SMILES string of the molecule is CCNC(=O)N(CC(=O)N1CCn2cccc2[C@@H]1c1ccc(F)cc1F)CC(C)C. The number of urea groups is 1. The monoisotopic (exact) mass is 418 g/mol. The van der Waals surface area contributed by atoms with Crippen LogP contribution in [0.15, 0.2) is 36.5 Å². The topological polar surface area (TPSA) is 57.6 Å². The second kappa shape index (κ2) is 9.28. The summed E-state index contributed by atoms with van der Waals surface area (Å²) in [6, 6.07) is 6.11. The van der Waals surface area contributed by atoms with Crippen molar-refractivity contribution in [1.29, 1.82) is 0 Å². The maximum atomic E-state index is 14.7. The molecule has 1 aliphatic rings. The van der Waals surface area contributed by atoms with E-state index >= 15 is 0 Å². The summed E-state index contributed by atoms with van der Waals surface area (Å²) in [5.74, 6) is -1.46. The molecule has 2 heterocycles. The van der Waals surface area contributed by atoms with Crippen LogP contribution in [0, 0.1) is 17.6 Å². The maximum absolute atomic E-state index is 14.7. The van der Waals surface area contributed by atoms with E-state index in [1.54, 1.807) is 4.90 Å². The first kappa shape index (κ1) is 21.8. The minimum atomic E-state index is -0.699. The third kappa shape index (κ3) is 4.63. The molecule has 6 nitrogen and oxygen atoms in total. The average Bonchev–Trinajstić information content (AvgIpc) is 3.15. The lowest BCUT2D eigenvalue weighted by molar-refractivity contribution is -0.134. The van der Waals surface area contributed by atoms with E-state index in [9.17, 15) is 18.4 Å². The number of carbonyl (C=O) groups excluding carboxylic acids is 2. The highest BCUT2D eigenvalue weighted by atomic mass is 19.1. The number of hydrogen-bond donors (Lipinski definition) is 1. The molecule has 3 rings (SSSR count). The van der Waals surface area contributed by atoms with Gasteiger partial charge in [-0.3, -0.25) is 4.79 Å². The van der Waals surface area contributed by atoms with Gasteiger partial charge in [0.2, 0.25) is 5.91 Å². The minimum absolute atomic E-state index is 0.107. The van der Waals surface area contributed by atoms with E-state index in [2.05, 4.69) is 5.32 Å². The first-order chi connectivity index (χ1) is 14.3. The predicted molar refractivity (Wildman–Crippen MR) is 110 cm³/mol. The Bertz CT molecular complexity index is 912. The molecule has 30 heavy (non-hydrogen) atoms. The third-order valence-corrected chi connectivity index (χ3v) is 5.14. The number of nitrogens with zero attached hydrogens (tertiary/aromatic N) is 3. The van der Waals surface area contributed by atoms with E-state index in [0.29, 0.717) is 26.2 Å². The van der Waals surface area contributed by atoms with Gasteiger partial charge in [0.25, 0.3) is 0 Å². The first-order valence-corrected chi connectivity index (χ1v) is 10.2. The number of halogens is 2. The molecule has 0 spiro atoms. The van der Waals surface area contributed by atoms with Crippen molar-refractivity contribution in [2.45, 2.75) is 33.4 Å². The Morgan fingerprint density at radius 3 is 2.67 bits per heavy atom. The van der Waals surface area contributed by atoms with Crippen molar-refractivity contribution in [3.05, 3.63) is 59.4 Å². The van der Waals surface area contributed by atoms with Crippen LogP contribution < -0.4 is 5.32 Å². The van der Waals surface area contributed by atoms with Crippen molar-refractivity contribution in [1.82, 2.24) is 19.7 Å². The molecule has 0 saturated carbocycles. The van der Waals surface area contributed by atoms with Crippen molar-refractivity contribution in [2.75, 3.05) is 26.2 Å². The molecule has 162 valence electrons. The van der Waals surface area contributed by atoms with Crippen molar-refractivity contribution in [3.8, 4) is 0 Å². The molecule has 0 unspecified atom stereocenters. The van der Waals surface area contributed by atoms with E-state index in [0.717, 1.165) is 11.8 Å². The van der Waals surface area contributed by atoms with Crippen LogP contribution in [-0.4, -0.2) is 52.5 Å². The summed E-state index contributed by atoms with van der Waals surface area (Å²) in [4.78, 5) is 28.8. The van der Waals surface area contributed by atoms with Gasteiger partial charge < -0.3 is 19.7 Å². The predicted octanol–water partition coefficient (Wildman–Crippen LogP) is 3.39. The van der Waals surface area contributed by atoms with Gasteiger partial charge in [0, 0.05) is 49.7 Å². The Morgan fingerprint density at radius 2 is 2.00 bits per heavy atom. The number of rotatable bonds is 6. The molecule has 0 saturated heterocycles. The maximum Gasteiger partial charge on any atom is 0.317 e. The fourth-order valence-electron chi connectivity index (χ4n) is 3.88. The summed E-state index contributed by atoms with van der Waals surface area (Å²) in [5.41, 5.74) is 0.992.